The van der Waals surface area contributed by atoms with Crippen LogP contribution >= 0.6 is 11.8 Å². The Labute approximate surface area is 139 Å². The Morgan fingerprint density at radius 1 is 1.26 bits per heavy atom. The lowest BCUT2D eigenvalue weighted by Crippen LogP contribution is -2.52. The molecule has 8 nitrogen and oxygen atoms in total. The highest BCUT2D eigenvalue weighted by Crippen LogP contribution is 2.28. The predicted octanol–water partition coefficient (Wildman–Crippen LogP) is 0.450. The second-order valence-corrected chi connectivity index (χ2v) is 7.03. The largest absolute Gasteiger partial charge is 0.509 e. The summed E-state index contributed by atoms with van der Waals surface area (Å²) in [6.45, 7) is 5.59. The average Bonchev–Trinajstić information content (AvgIpc) is 2.46. The Morgan fingerprint density at radius 2 is 1.96 bits per heavy atom. The molecule has 1 aliphatic heterocycles. The molecule has 0 bridgehead atoms. The van der Waals surface area contributed by atoms with Gasteiger partial charge in [-0.3, -0.25) is 14.4 Å². The van der Waals surface area contributed by atoms with Crippen molar-refractivity contribution >= 4 is 34.8 Å². The van der Waals surface area contributed by atoms with Crippen LogP contribution in [0.5, 0.6) is 0 Å². The fourth-order valence-electron chi connectivity index (χ4n) is 1.88. The van der Waals surface area contributed by atoms with E-state index in [0.29, 0.717) is 12.3 Å². The average molecular weight is 346 g/mol. The van der Waals surface area contributed by atoms with E-state index >= 15 is 0 Å². The summed E-state index contributed by atoms with van der Waals surface area (Å²) in [4.78, 5) is 45.5. The third-order valence-corrected chi connectivity index (χ3v) is 3.92. The normalized spacial score (nSPS) is 19.3. The molecule has 1 heterocycles. The van der Waals surface area contributed by atoms with Gasteiger partial charge in [-0.25, -0.2) is 4.79 Å². The van der Waals surface area contributed by atoms with Crippen LogP contribution in [0.25, 0.3) is 0 Å². The maximum atomic E-state index is 12.1. The van der Waals surface area contributed by atoms with Crippen LogP contribution in [0.4, 0.5) is 4.79 Å². The number of hydrogen-bond donors (Lipinski definition) is 2. The molecule has 1 rings (SSSR count). The summed E-state index contributed by atoms with van der Waals surface area (Å²) in [6, 6.07) is 0. The molecule has 23 heavy (non-hydrogen) atoms. The van der Waals surface area contributed by atoms with Crippen molar-refractivity contribution in [1.29, 1.82) is 0 Å². The van der Waals surface area contributed by atoms with Crippen LogP contribution in [0.3, 0.4) is 0 Å². The second-order valence-electron chi connectivity index (χ2n) is 5.76. The minimum Gasteiger partial charge on any atom is -0.434 e. The fraction of sp³-hybridized carbons (Fsp3) is 0.714. The molecule has 0 aromatic carbocycles. The maximum Gasteiger partial charge on any atom is 0.509 e. The number of nitrogens with one attached hydrogen (secondary N) is 2. The summed E-state index contributed by atoms with van der Waals surface area (Å²) in [5.41, 5.74) is -0.635. The van der Waals surface area contributed by atoms with E-state index in [4.69, 9.17) is 9.47 Å². The first kappa shape index (κ1) is 19.3. The third-order valence-electron chi connectivity index (χ3n) is 3.10. The number of ether oxygens (including phenoxy) is 2. The number of cyclic esters (lactones) is 2. The van der Waals surface area contributed by atoms with Gasteiger partial charge in [0.1, 0.15) is 6.61 Å². The van der Waals surface area contributed by atoms with E-state index in [-0.39, 0.29) is 30.6 Å². The van der Waals surface area contributed by atoms with Gasteiger partial charge in [-0.1, -0.05) is 25.6 Å². The molecule has 1 atom stereocenters. The zero-order valence-electron chi connectivity index (χ0n) is 13.5. The molecule has 0 saturated carbocycles. The van der Waals surface area contributed by atoms with Crippen LogP contribution in [0, 0.1) is 5.41 Å². The van der Waals surface area contributed by atoms with E-state index in [1.807, 2.05) is 0 Å². The Hall–Kier alpha value is -1.77. The van der Waals surface area contributed by atoms with E-state index < -0.39 is 23.6 Å². The van der Waals surface area contributed by atoms with Crippen molar-refractivity contribution in [2.75, 3.05) is 25.4 Å². The molecule has 2 N–H and O–H groups in total. The summed E-state index contributed by atoms with van der Waals surface area (Å²) < 4.78 is 9.67. The number of rotatable bonds is 7. The smallest absolute Gasteiger partial charge is 0.434 e. The third kappa shape index (κ3) is 6.89. The molecule has 0 spiro atoms. The molecule has 1 fully saturated rings. The van der Waals surface area contributed by atoms with E-state index in [2.05, 4.69) is 10.6 Å². The summed E-state index contributed by atoms with van der Waals surface area (Å²) in [5.74, 6) is -0.163. The van der Waals surface area contributed by atoms with E-state index in [1.54, 1.807) is 13.8 Å². The van der Waals surface area contributed by atoms with Crippen molar-refractivity contribution in [3.63, 3.8) is 0 Å². The molecule has 0 aromatic heterocycles. The van der Waals surface area contributed by atoms with Crippen LogP contribution in [-0.4, -0.2) is 54.6 Å². The van der Waals surface area contributed by atoms with Gasteiger partial charge in [0.15, 0.2) is 11.2 Å². The Morgan fingerprint density at radius 3 is 2.61 bits per heavy atom. The number of amides is 2. The topological polar surface area (TPSA) is 111 Å². The molecule has 1 saturated heterocycles. The number of carbonyl (C=O) groups is 4. The molecule has 0 aromatic rings. The molecule has 130 valence electrons. The minimum absolute atomic E-state index is 0.000126. The Kier molecular flexibility index (Phi) is 7.34. The van der Waals surface area contributed by atoms with Crippen molar-refractivity contribution in [2.45, 2.75) is 33.3 Å². The minimum atomic E-state index is -0.946. The van der Waals surface area contributed by atoms with Gasteiger partial charge in [0, 0.05) is 37.6 Å². The standard InChI is InChI=1S/C14H22N2O6S/c1-9(17)23-7-6-15-10(18)4-5-16-12(19)11-14(2,3)8-21-13(20)22-11/h11H,4-8H2,1-3H3,(H,15,18)(H,16,19)/t11-/m0/s1. The molecule has 1 aliphatic rings. The highest BCUT2D eigenvalue weighted by Gasteiger charge is 2.43. The van der Waals surface area contributed by atoms with Gasteiger partial charge in [-0.05, 0) is 0 Å². The summed E-state index contributed by atoms with van der Waals surface area (Å²) >= 11 is 1.14. The van der Waals surface area contributed by atoms with Crippen molar-refractivity contribution in [3.05, 3.63) is 0 Å². The van der Waals surface area contributed by atoms with Crippen molar-refractivity contribution in [2.24, 2.45) is 5.41 Å². The van der Waals surface area contributed by atoms with Gasteiger partial charge >= 0.3 is 6.16 Å². The Bertz CT molecular complexity index is 480. The first-order valence-electron chi connectivity index (χ1n) is 7.23. The zero-order valence-corrected chi connectivity index (χ0v) is 14.3. The quantitative estimate of drug-likeness (QED) is 0.508. The van der Waals surface area contributed by atoms with Crippen molar-refractivity contribution < 1.29 is 28.7 Å². The first-order valence-corrected chi connectivity index (χ1v) is 8.22. The summed E-state index contributed by atoms with van der Waals surface area (Å²) in [5, 5.41) is 5.22. The monoisotopic (exact) mass is 346 g/mol. The molecule has 0 radical (unpaired) electrons. The Balaban J connectivity index is 2.26. The molecule has 2 amide bonds. The van der Waals surface area contributed by atoms with Crippen molar-refractivity contribution in [1.82, 2.24) is 10.6 Å². The van der Waals surface area contributed by atoms with Crippen LogP contribution in [0.2, 0.25) is 0 Å². The molecular formula is C14H22N2O6S. The fourth-order valence-corrected chi connectivity index (χ4v) is 2.38. The van der Waals surface area contributed by atoms with E-state index in [1.165, 1.54) is 6.92 Å². The van der Waals surface area contributed by atoms with Gasteiger partial charge in [0.05, 0.1) is 0 Å². The maximum absolute atomic E-state index is 12.1. The predicted molar refractivity (Wildman–Crippen MR) is 83.8 cm³/mol. The first-order chi connectivity index (χ1) is 10.7. The lowest BCUT2D eigenvalue weighted by Gasteiger charge is -2.35. The van der Waals surface area contributed by atoms with E-state index in [0.717, 1.165) is 11.8 Å². The molecular weight excluding hydrogens is 324 g/mol. The van der Waals surface area contributed by atoms with Crippen LogP contribution < -0.4 is 10.6 Å². The van der Waals surface area contributed by atoms with Crippen molar-refractivity contribution in [3.8, 4) is 0 Å². The number of thioether (sulfide) groups is 1. The molecule has 9 heteroatoms. The van der Waals surface area contributed by atoms with Gasteiger partial charge in [-0.15, -0.1) is 0 Å². The molecule has 0 unspecified atom stereocenters. The number of carbonyl (C=O) groups excluding carboxylic acids is 4. The van der Waals surface area contributed by atoms with Gasteiger partial charge in [0.2, 0.25) is 5.91 Å². The van der Waals surface area contributed by atoms with Crippen LogP contribution in [0.15, 0.2) is 0 Å². The van der Waals surface area contributed by atoms with E-state index in [9.17, 15) is 19.2 Å². The van der Waals surface area contributed by atoms with Crippen LogP contribution in [-0.2, 0) is 23.9 Å². The highest BCUT2D eigenvalue weighted by molar-refractivity contribution is 8.13. The summed E-state index contributed by atoms with van der Waals surface area (Å²) in [6.07, 6.45) is -1.71. The number of hydrogen-bond acceptors (Lipinski definition) is 7. The van der Waals surface area contributed by atoms with Gasteiger partial charge in [0.25, 0.3) is 5.91 Å². The lowest BCUT2D eigenvalue weighted by atomic mass is 9.86. The van der Waals surface area contributed by atoms with Crippen LogP contribution in [0.1, 0.15) is 27.2 Å². The highest BCUT2D eigenvalue weighted by atomic mass is 32.2. The SMILES string of the molecule is CC(=O)SCCNC(=O)CCNC(=O)[C@@H]1OC(=O)OCC1(C)C. The summed E-state index contributed by atoms with van der Waals surface area (Å²) in [7, 11) is 0. The molecule has 0 aliphatic carbocycles. The zero-order chi connectivity index (χ0) is 17.5. The van der Waals surface area contributed by atoms with Gasteiger partial charge < -0.3 is 20.1 Å². The second kappa shape index (κ2) is 8.76. The van der Waals surface area contributed by atoms with Gasteiger partial charge in [-0.2, -0.15) is 0 Å². The lowest BCUT2D eigenvalue weighted by molar-refractivity contribution is -0.149.